The Labute approximate surface area is 180 Å². The Hall–Kier alpha value is -1.25. The van der Waals surface area contributed by atoms with Crippen molar-refractivity contribution < 1.29 is 30.0 Å². The van der Waals surface area contributed by atoms with Crippen molar-refractivity contribution in [3.05, 3.63) is 41.4 Å². The Bertz CT molecular complexity index is 670. The molecule has 29 heavy (non-hydrogen) atoms. The van der Waals surface area contributed by atoms with E-state index in [4.69, 9.17) is 21.4 Å². The number of hydrogen-bond donors (Lipinski definition) is 4. The number of carboxylic acids is 1. The molecular formula is C21H29ClO6S. The fourth-order valence-corrected chi connectivity index (χ4v) is 4.94. The van der Waals surface area contributed by atoms with E-state index in [-0.39, 0.29) is 24.2 Å². The van der Waals surface area contributed by atoms with Crippen LogP contribution in [0.3, 0.4) is 0 Å². The first kappa shape index (κ1) is 24.0. The molecular weight excluding hydrogens is 416 g/mol. The fraction of sp³-hybridized carbons (Fsp3) is 0.571. The van der Waals surface area contributed by atoms with Crippen LogP contribution in [0.5, 0.6) is 5.75 Å². The summed E-state index contributed by atoms with van der Waals surface area (Å²) in [6.45, 7) is 0.118. The largest absolute Gasteiger partial charge is 0.491 e. The number of aliphatic hydroxyl groups is 3. The van der Waals surface area contributed by atoms with Crippen LogP contribution in [0.1, 0.15) is 32.1 Å². The van der Waals surface area contributed by atoms with Gasteiger partial charge in [0.2, 0.25) is 0 Å². The second-order valence-corrected chi connectivity index (χ2v) is 8.89. The quantitative estimate of drug-likeness (QED) is 0.290. The van der Waals surface area contributed by atoms with Crippen LogP contribution in [0.4, 0.5) is 0 Å². The number of ether oxygens (including phenoxy) is 1. The molecule has 4 N–H and O–H groups in total. The highest BCUT2D eigenvalue weighted by molar-refractivity contribution is 8.00. The van der Waals surface area contributed by atoms with Gasteiger partial charge < -0.3 is 25.2 Å². The smallest absolute Gasteiger partial charge is 0.303 e. The molecule has 162 valence electrons. The van der Waals surface area contributed by atoms with Gasteiger partial charge >= 0.3 is 5.97 Å². The number of unbranched alkanes of at least 4 members (excludes halogenated alkanes) is 1. The molecule has 0 aliphatic heterocycles. The first-order valence-corrected chi connectivity index (χ1v) is 11.2. The number of carbonyl (C=O) groups is 1. The van der Waals surface area contributed by atoms with E-state index < -0.39 is 24.3 Å². The third kappa shape index (κ3) is 8.56. The Morgan fingerprint density at radius 1 is 1.31 bits per heavy atom. The van der Waals surface area contributed by atoms with Crippen LogP contribution in [0.2, 0.25) is 5.02 Å². The molecule has 2 rings (SSSR count). The topological polar surface area (TPSA) is 107 Å². The lowest BCUT2D eigenvalue weighted by Gasteiger charge is -2.23. The summed E-state index contributed by atoms with van der Waals surface area (Å²) in [4.78, 5) is 10.5. The highest BCUT2D eigenvalue weighted by Crippen LogP contribution is 2.38. The van der Waals surface area contributed by atoms with Crippen LogP contribution in [-0.2, 0) is 4.79 Å². The summed E-state index contributed by atoms with van der Waals surface area (Å²) >= 11 is 7.35. The highest BCUT2D eigenvalue weighted by atomic mass is 35.5. The van der Waals surface area contributed by atoms with Crippen molar-refractivity contribution in [3.63, 3.8) is 0 Å². The van der Waals surface area contributed by atoms with Gasteiger partial charge in [0.05, 0.1) is 18.3 Å². The van der Waals surface area contributed by atoms with E-state index in [2.05, 4.69) is 0 Å². The third-order valence-electron chi connectivity index (χ3n) is 4.83. The maximum Gasteiger partial charge on any atom is 0.303 e. The molecule has 1 aromatic rings. The number of benzene rings is 1. The van der Waals surface area contributed by atoms with Crippen LogP contribution in [0.15, 0.2) is 36.4 Å². The summed E-state index contributed by atoms with van der Waals surface area (Å²) in [6, 6.07) is 6.96. The first-order chi connectivity index (χ1) is 13.9. The summed E-state index contributed by atoms with van der Waals surface area (Å²) in [5.41, 5.74) is 0. The average molecular weight is 445 g/mol. The van der Waals surface area contributed by atoms with Crippen molar-refractivity contribution in [3.8, 4) is 5.75 Å². The van der Waals surface area contributed by atoms with Gasteiger partial charge in [-0.2, -0.15) is 11.8 Å². The van der Waals surface area contributed by atoms with E-state index in [1.165, 1.54) is 11.8 Å². The molecule has 5 atom stereocenters. The molecule has 1 aliphatic carbocycles. The van der Waals surface area contributed by atoms with Crippen molar-refractivity contribution in [1.29, 1.82) is 0 Å². The van der Waals surface area contributed by atoms with E-state index in [9.17, 15) is 20.1 Å². The molecule has 0 unspecified atom stereocenters. The molecule has 1 fully saturated rings. The second kappa shape index (κ2) is 12.4. The van der Waals surface area contributed by atoms with Crippen molar-refractivity contribution in [2.45, 2.75) is 55.7 Å². The molecule has 0 bridgehead atoms. The van der Waals surface area contributed by atoms with Crippen LogP contribution < -0.4 is 4.74 Å². The highest BCUT2D eigenvalue weighted by Gasteiger charge is 2.41. The standard InChI is InChI=1S/C21H29ClO6S/c22-14-6-5-7-16(10-14)28-12-15(23)13-29-21-17(18(24)11-19(21)25)8-3-1-2-4-9-20(26)27/h1,3,5-7,10,15,17-19,21,23-25H,2,4,8-9,11-13H2,(H,26,27)/t15-,17-,18-,19+,21+/m0/s1. The second-order valence-electron chi connectivity index (χ2n) is 7.25. The number of allylic oxidation sites excluding steroid dienone is 2. The number of carboxylic acid groups (broad SMARTS) is 1. The Morgan fingerprint density at radius 3 is 2.83 bits per heavy atom. The lowest BCUT2D eigenvalue weighted by molar-refractivity contribution is -0.137. The van der Waals surface area contributed by atoms with Gasteiger partial charge in [0.1, 0.15) is 12.4 Å². The summed E-state index contributed by atoms with van der Waals surface area (Å²) in [5.74, 6) is 0.0612. The third-order valence-corrected chi connectivity index (χ3v) is 6.70. The minimum atomic E-state index is -0.804. The maximum atomic E-state index is 10.5. The monoisotopic (exact) mass is 444 g/mol. The fourth-order valence-electron chi connectivity index (χ4n) is 3.35. The van der Waals surface area contributed by atoms with Gasteiger partial charge in [0, 0.05) is 34.8 Å². The zero-order valence-corrected chi connectivity index (χ0v) is 17.8. The molecule has 0 saturated heterocycles. The lowest BCUT2D eigenvalue weighted by Crippen LogP contribution is -2.28. The summed E-state index contributed by atoms with van der Waals surface area (Å²) < 4.78 is 5.55. The van der Waals surface area contributed by atoms with Crippen molar-refractivity contribution in [2.24, 2.45) is 5.92 Å². The first-order valence-electron chi connectivity index (χ1n) is 9.77. The molecule has 0 amide bonds. The molecule has 1 saturated carbocycles. The molecule has 0 heterocycles. The van der Waals surface area contributed by atoms with Crippen molar-refractivity contribution in [1.82, 2.24) is 0 Å². The summed E-state index contributed by atoms with van der Waals surface area (Å²) in [5, 5.41) is 39.8. The Balaban J connectivity index is 1.75. The maximum absolute atomic E-state index is 10.5. The summed E-state index contributed by atoms with van der Waals surface area (Å²) in [6.07, 6.45) is 4.28. The molecule has 6 nitrogen and oxygen atoms in total. The predicted molar refractivity (Wildman–Crippen MR) is 115 cm³/mol. The minimum Gasteiger partial charge on any atom is -0.491 e. The molecule has 1 aliphatic rings. The number of hydrogen-bond acceptors (Lipinski definition) is 6. The average Bonchev–Trinajstić information content (AvgIpc) is 2.93. The van der Waals surface area contributed by atoms with Crippen LogP contribution >= 0.6 is 23.4 Å². The summed E-state index contributed by atoms with van der Waals surface area (Å²) in [7, 11) is 0. The van der Waals surface area contributed by atoms with E-state index in [0.29, 0.717) is 42.2 Å². The van der Waals surface area contributed by atoms with Gasteiger partial charge in [0.25, 0.3) is 0 Å². The van der Waals surface area contributed by atoms with Gasteiger partial charge in [-0.15, -0.1) is 0 Å². The van der Waals surface area contributed by atoms with Crippen molar-refractivity contribution >= 4 is 29.3 Å². The predicted octanol–water partition coefficient (Wildman–Crippen LogP) is 3.12. The molecule has 1 aromatic carbocycles. The van der Waals surface area contributed by atoms with Crippen molar-refractivity contribution in [2.75, 3.05) is 12.4 Å². The Kier molecular flexibility index (Phi) is 10.3. The zero-order valence-electron chi connectivity index (χ0n) is 16.2. The number of thioether (sulfide) groups is 1. The normalized spacial score (nSPS) is 25.4. The molecule has 8 heteroatoms. The van der Waals surface area contributed by atoms with Gasteiger partial charge in [0.15, 0.2) is 0 Å². The van der Waals surface area contributed by atoms with Crippen LogP contribution in [-0.4, -0.2) is 62.3 Å². The molecule has 0 radical (unpaired) electrons. The SMILES string of the molecule is O=C(O)CCCC=CC[C@@H]1[C@@H](SC[C@@H](O)COc2cccc(Cl)c2)[C@H](O)C[C@@H]1O. The minimum absolute atomic E-state index is 0.105. The number of aliphatic carboxylic acids is 1. The number of aliphatic hydroxyl groups excluding tert-OH is 3. The van der Waals surface area contributed by atoms with E-state index >= 15 is 0 Å². The van der Waals surface area contributed by atoms with Crippen LogP contribution in [0.25, 0.3) is 0 Å². The molecule has 0 aromatic heterocycles. The van der Waals surface area contributed by atoms with Crippen LogP contribution in [0, 0.1) is 5.92 Å². The lowest BCUT2D eigenvalue weighted by atomic mass is 10.0. The van der Waals surface area contributed by atoms with Gasteiger partial charge in [-0.3, -0.25) is 4.79 Å². The zero-order chi connectivity index (χ0) is 21.2. The number of rotatable bonds is 12. The van der Waals surface area contributed by atoms with E-state index in [0.717, 1.165) is 0 Å². The number of halogens is 1. The van der Waals surface area contributed by atoms with E-state index in [1.54, 1.807) is 24.3 Å². The van der Waals surface area contributed by atoms with Gasteiger partial charge in [-0.25, -0.2) is 0 Å². The van der Waals surface area contributed by atoms with Gasteiger partial charge in [-0.1, -0.05) is 29.8 Å². The Morgan fingerprint density at radius 2 is 2.10 bits per heavy atom. The molecule has 0 spiro atoms. The van der Waals surface area contributed by atoms with Gasteiger partial charge in [-0.05, 0) is 37.5 Å². The van der Waals surface area contributed by atoms with E-state index in [1.807, 2.05) is 12.2 Å².